The van der Waals surface area contributed by atoms with Gasteiger partial charge in [-0.15, -0.1) is 0 Å². The molecule has 1 saturated carbocycles. The molecule has 2 fully saturated rings. The van der Waals surface area contributed by atoms with Gasteiger partial charge in [-0.1, -0.05) is 12.8 Å². The van der Waals surface area contributed by atoms with Crippen molar-refractivity contribution in [3.63, 3.8) is 0 Å². The number of likely N-dealkylation sites (N-methyl/N-ethyl adjacent to an activating group) is 1. The van der Waals surface area contributed by atoms with Crippen LogP contribution in [0.15, 0.2) is 4.99 Å². The maximum Gasteiger partial charge on any atom is 0.208 e. The van der Waals surface area contributed by atoms with Crippen LogP contribution in [-0.2, 0) is 0 Å². The van der Waals surface area contributed by atoms with E-state index in [1.54, 1.807) is 0 Å². The van der Waals surface area contributed by atoms with E-state index < -0.39 is 0 Å². The van der Waals surface area contributed by atoms with Crippen LogP contribution < -0.4 is 11.3 Å². The zero-order chi connectivity index (χ0) is 12.1. The average molecular weight is 239 g/mol. The lowest BCUT2D eigenvalue weighted by atomic mass is 10.3. The molecule has 0 radical (unpaired) electrons. The Bertz CT molecular complexity index is 260. The molecule has 0 amide bonds. The van der Waals surface area contributed by atoms with Gasteiger partial charge in [-0.2, -0.15) is 0 Å². The predicted octanol–water partition coefficient (Wildman–Crippen LogP) is 0.386. The maximum absolute atomic E-state index is 5.63. The Labute approximate surface area is 104 Å². The summed E-state index contributed by atoms with van der Waals surface area (Å²) in [5.74, 6) is 6.53. The van der Waals surface area contributed by atoms with Crippen LogP contribution in [0.2, 0.25) is 0 Å². The highest BCUT2D eigenvalue weighted by Gasteiger charge is 2.19. The van der Waals surface area contributed by atoms with Gasteiger partial charge in [-0.25, -0.2) is 10.8 Å². The highest BCUT2D eigenvalue weighted by molar-refractivity contribution is 5.79. The third-order valence-electron chi connectivity index (χ3n) is 3.78. The van der Waals surface area contributed by atoms with Crippen molar-refractivity contribution in [3.05, 3.63) is 0 Å². The maximum atomic E-state index is 5.63. The molecule has 0 unspecified atom stereocenters. The minimum atomic E-state index is 0.488. The molecular formula is C12H25N5. The number of nitrogens with one attached hydrogen (secondary N) is 1. The van der Waals surface area contributed by atoms with Crippen LogP contribution in [-0.4, -0.2) is 55.0 Å². The van der Waals surface area contributed by atoms with E-state index in [9.17, 15) is 0 Å². The van der Waals surface area contributed by atoms with E-state index in [-0.39, 0.29) is 0 Å². The average Bonchev–Trinajstić information content (AvgIpc) is 2.75. The largest absolute Gasteiger partial charge is 0.341 e. The van der Waals surface area contributed by atoms with Crippen LogP contribution in [0.3, 0.4) is 0 Å². The summed E-state index contributed by atoms with van der Waals surface area (Å²) in [5.41, 5.74) is 2.80. The molecule has 0 aromatic carbocycles. The van der Waals surface area contributed by atoms with E-state index in [1.807, 2.05) is 0 Å². The number of rotatable bonds is 1. The molecule has 0 aromatic rings. The fraction of sp³-hybridized carbons (Fsp3) is 0.917. The van der Waals surface area contributed by atoms with Crippen molar-refractivity contribution in [2.45, 2.75) is 38.1 Å². The molecule has 0 bridgehead atoms. The van der Waals surface area contributed by atoms with E-state index in [0.717, 1.165) is 32.1 Å². The first-order chi connectivity index (χ1) is 8.29. The van der Waals surface area contributed by atoms with Crippen molar-refractivity contribution >= 4 is 5.96 Å². The number of aliphatic imine (C=N–C) groups is 1. The fourth-order valence-corrected chi connectivity index (χ4v) is 2.67. The van der Waals surface area contributed by atoms with Crippen LogP contribution in [0.1, 0.15) is 32.1 Å². The molecule has 1 aliphatic heterocycles. The Morgan fingerprint density at radius 3 is 2.59 bits per heavy atom. The number of hydrogen-bond acceptors (Lipinski definition) is 3. The van der Waals surface area contributed by atoms with Crippen molar-refractivity contribution in [2.75, 3.05) is 33.2 Å². The molecule has 1 saturated heterocycles. The van der Waals surface area contributed by atoms with Gasteiger partial charge in [0, 0.05) is 19.6 Å². The van der Waals surface area contributed by atoms with Crippen LogP contribution in [0.25, 0.3) is 0 Å². The zero-order valence-corrected chi connectivity index (χ0v) is 10.9. The van der Waals surface area contributed by atoms with E-state index >= 15 is 0 Å². The zero-order valence-electron chi connectivity index (χ0n) is 10.9. The third-order valence-corrected chi connectivity index (χ3v) is 3.78. The summed E-state index contributed by atoms with van der Waals surface area (Å²) < 4.78 is 0. The van der Waals surface area contributed by atoms with Crippen molar-refractivity contribution < 1.29 is 0 Å². The lowest BCUT2D eigenvalue weighted by molar-refractivity contribution is 0.343. The second kappa shape index (κ2) is 6.21. The minimum absolute atomic E-state index is 0.488. The first kappa shape index (κ1) is 12.6. The molecule has 0 spiro atoms. The molecule has 1 aliphatic carbocycles. The summed E-state index contributed by atoms with van der Waals surface area (Å²) in [6, 6.07) is 0.488. The smallest absolute Gasteiger partial charge is 0.208 e. The van der Waals surface area contributed by atoms with E-state index in [0.29, 0.717) is 6.04 Å². The molecule has 3 N–H and O–H groups in total. The van der Waals surface area contributed by atoms with Gasteiger partial charge in [-0.3, -0.25) is 5.43 Å². The van der Waals surface area contributed by atoms with Gasteiger partial charge in [-0.05, 0) is 32.9 Å². The Hall–Kier alpha value is -0.810. The number of guanidine groups is 1. The van der Waals surface area contributed by atoms with Crippen molar-refractivity contribution in [1.29, 1.82) is 0 Å². The second-order valence-corrected chi connectivity index (χ2v) is 5.18. The van der Waals surface area contributed by atoms with Crippen LogP contribution in [0.4, 0.5) is 0 Å². The van der Waals surface area contributed by atoms with Crippen molar-refractivity contribution in [1.82, 2.24) is 15.2 Å². The third kappa shape index (κ3) is 3.57. The predicted molar refractivity (Wildman–Crippen MR) is 70.7 cm³/mol. The number of nitrogens with zero attached hydrogens (tertiary/aromatic N) is 3. The molecule has 2 aliphatic rings. The summed E-state index contributed by atoms with van der Waals surface area (Å²) in [6.45, 7) is 4.33. The summed E-state index contributed by atoms with van der Waals surface area (Å²) in [6.07, 6.45) is 6.25. The summed E-state index contributed by atoms with van der Waals surface area (Å²) >= 11 is 0. The van der Waals surface area contributed by atoms with Crippen LogP contribution in [0.5, 0.6) is 0 Å². The van der Waals surface area contributed by atoms with E-state index in [4.69, 9.17) is 10.8 Å². The molecule has 98 valence electrons. The molecule has 0 atom stereocenters. The SMILES string of the molecule is CN1CCCN(C(=NC2CCCC2)NN)CC1. The van der Waals surface area contributed by atoms with E-state index in [1.165, 1.54) is 32.1 Å². The molecule has 5 nitrogen and oxygen atoms in total. The van der Waals surface area contributed by atoms with Gasteiger partial charge in [0.15, 0.2) is 0 Å². The van der Waals surface area contributed by atoms with Gasteiger partial charge in [0.1, 0.15) is 0 Å². The normalized spacial score (nSPS) is 25.1. The van der Waals surface area contributed by atoms with Gasteiger partial charge in [0.05, 0.1) is 6.04 Å². The monoisotopic (exact) mass is 239 g/mol. The van der Waals surface area contributed by atoms with Crippen LogP contribution in [0, 0.1) is 0 Å². The fourth-order valence-electron chi connectivity index (χ4n) is 2.67. The van der Waals surface area contributed by atoms with Gasteiger partial charge in [0.25, 0.3) is 0 Å². The molecule has 0 aromatic heterocycles. The van der Waals surface area contributed by atoms with Crippen LogP contribution >= 0.6 is 0 Å². The first-order valence-electron chi connectivity index (χ1n) is 6.77. The molecular weight excluding hydrogens is 214 g/mol. The number of hydrazine groups is 1. The van der Waals surface area contributed by atoms with E-state index in [2.05, 4.69) is 22.3 Å². The summed E-state index contributed by atoms with van der Waals surface area (Å²) in [5, 5.41) is 0. The molecule has 17 heavy (non-hydrogen) atoms. The number of hydrogen-bond donors (Lipinski definition) is 2. The Balaban J connectivity index is 1.96. The minimum Gasteiger partial charge on any atom is -0.341 e. The van der Waals surface area contributed by atoms with Crippen molar-refractivity contribution in [3.8, 4) is 0 Å². The topological polar surface area (TPSA) is 56.9 Å². The molecule has 2 rings (SSSR count). The number of nitrogens with two attached hydrogens (primary N) is 1. The Morgan fingerprint density at radius 2 is 1.88 bits per heavy atom. The van der Waals surface area contributed by atoms with Gasteiger partial charge >= 0.3 is 0 Å². The van der Waals surface area contributed by atoms with Gasteiger partial charge in [0.2, 0.25) is 5.96 Å². The lowest BCUT2D eigenvalue weighted by Crippen LogP contribution is -2.46. The quantitative estimate of drug-likeness (QED) is 0.301. The Morgan fingerprint density at radius 1 is 1.12 bits per heavy atom. The first-order valence-corrected chi connectivity index (χ1v) is 6.77. The van der Waals surface area contributed by atoms with Crippen molar-refractivity contribution in [2.24, 2.45) is 10.8 Å². The Kier molecular flexibility index (Phi) is 4.62. The standard InChI is InChI=1S/C12H25N5/c1-16-7-4-8-17(10-9-16)12(15-13)14-11-5-2-3-6-11/h11H,2-10,13H2,1H3,(H,14,15). The summed E-state index contributed by atoms with van der Waals surface area (Å²) in [7, 11) is 2.17. The highest BCUT2D eigenvalue weighted by Crippen LogP contribution is 2.21. The molecule has 5 heteroatoms. The summed E-state index contributed by atoms with van der Waals surface area (Å²) in [4.78, 5) is 9.43. The van der Waals surface area contributed by atoms with Gasteiger partial charge < -0.3 is 9.80 Å². The molecule has 1 heterocycles. The second-order valence-electron chi connectivity index (χ2n) is 5.18. The lowest BCUT2D eigenvalue weighted by Gasteiger charge is -2.24. The highest BCUT2D eigenvalue weighted by atomic mass is 15.4.